The largest absolute Gasteiger partial charge is 0.497 e. The quantitative estimate of drug-likeness (QED) is 0.679. The Labute approximate surface area is 154 Å². The number of carbonyl (C=O) groups excluding carboxylic acids is 1. The van der Waals surface area contributed by atoms with Gasteiger partial charge < -0.3 is 14.8 Å². The van der Waals surface area contributed by atoms with Crippen molar-refractivity contribution in [3.05, 3.63) is 59.1 Å². The number of benzene rings is 2. The van der Waals surface area contributed by atoms with Crippen molar-refractivity contribution in [3.8, 4) is 11.5 Å². The van der Waals surface area contributed by atoms with Crippen molar-refractivity contribution in [2.75, 3.05) is 13.7 Å². The van der Waals surface area contributed by atoms with Gasteiger partial charge in [-0.1, -0.05) is 36.7 Å². The second-order valence-corrected chi connectivity index (χ2v) is 6.15. The highest BCUT2D eigenvalue weighted by Crippen LogP contribution is 2.19. The number of aryl methyl sites for hydroxylation is 1. The predicted molar refractivity (Wildman–Crippen MR) is 100 cm³/mol. The number of halogens is 1. The predicted octanol–water partition coefficient (Wildman–Crippen LogP) is 4.26. The summed E-state index contributed by atoms with van der Waals surface area (Å²) in [6.07, 6.45) is 1.81. The first-order valence-electron chi connectivity index (χ1n) is 8.45. The lowest BCUT2D eigenvalue weighted by Crippen LogP contribution is -2.38. The van der Waals surface area contributed by atoms with Gasteiger partial charge in [-0.3, -0.25) is 4.79 Å². The van der Waals surface area contributed by atoms with Crippen molar-refractivity contribution in [2.45, 2.75) is 32.3 Å². The lowest BCUT2D eigenvalue weighted by Gasteiger charge is -2.17. The van der Waals surface area contributed by atoms with Gasteiger partial charge in [0.2, 0.25) is 0 Å². The van der Waals surface area contributed by atoms with E-state index in [1.807, 2.05) is 25.1 Å². The van der Waals surface area contributed by atoms with Gasteiger partial charge in [0, 0.05) is 11.6 Å². The standard InChI is InChI=1S/C20H24ClNO3/c1-3-19(25-18-11-5-9-16(21)14-18)20(23)22-12-6-8-15-7-4-10-17(13-15)24-2/h4-5,7,9-11,13-14,19H,3,6,8,12H2,1-2H3,(H,22,23)/t19-/m0/s1. The lowest BCUT2D eigenvalue weighted by atomic mass is 10.1. The zero-order chi connectivity index (χ0) is 18.1. The van der Waals surface area contributed by atoms with E-state index in [-0.39, 0.29) is 5.91 Å². The van der Waals surface area contributed by atoms with E-state index in [2.05, 4.69) is 11.4 Å². The molecule has 5 heteroatoms. The van der Waals surface area contributed by atoms with E-state index in [0.29, 0.717) is 23.7 Å². The highest BCUT2D eigenvalue weighted by Gasteiger charge is 2.17. The fourth-order valence-electron chi connectivity index (χ4n) is 2.47. The molecule has 0 unspecified atom stereocenters. The zero-order valence-electron chi connectivity index (χ0n) is 14.6. The van der Waals surface area contributed by atoms with Gasteiger partial charge in [0.05, 0.1) is 7.11 Å². The summed E-state index contributed by atoms with van der Waals surface area (Å²) in [7, 11) is 1.66. The van der Waals surface area contributed by atoms with Crippen LogP contribution in [0.4, 0.5) is 0 Å². The van der Waals surface area contributed by atoms with Crippen LogP contribution in [-0.2, 0) is 11.2 Å². The van der Waals surface area contributed by atoms with Gasteiger partial charge >= 0.3 is 0 Å². The van der Waals surface area contributed by atoms with Crippen LogP contribution in [0.25, 0.3) is 0 Å². The number of hydrogen-bond acceptors (Lipinski definition) is 3. The zero-order valence-corrected chi connectivity index (χ0v) is 15.4. The number of carbonyl (C=O) groups is 1. The van der Waals surface area contributed by atoms with E-state index < -0.39 is 6.10 Å². The maximum Gasteiger partial charge on any atom is 0.261 e. The van der Waals surface area contributed by atoms with E-state index >= 15 is 0 Å². The Bertz CT molecular complexity index is 690. The van der Waals surface area contributed by atoms with E-state index in [0.717, 1.165) is 18.6 Å². The number of ether oxygens (including phenoxy) is 2. The van der Waals surface area contributed by atoms with E-state index in [1.54, 1.807) is 31.4 Å². The third kappa shape index (κ3) is 6.31. The molecule has 0 aliphatic carbocycles. The third-order valence-corrected chi connectivity index (χ3v) is 4.05. The minimum absolute atomic E-state index is 0.104. The number of nitrogens with one attached hydrogen (secondary N) is 1. The van der Waals surface area contributed by atoms with Crippen LogP contribution in [0.15, 0.2) is 48.5 Å². The first-order chi connectivity index (χ1) is 12.1. The second-order valence-electron chi connectivity index (χ2n) is 5.72. The SMILES string of the molecule is CC[C@H](Oc1cccc(Cl)c1)C(=O)NCCCc1cccc(OC)c1. The number of amides is 1. The molecule has 0 aromatic heterocycles. The molecule has 134 valence electrons. The van der Waals surface area contributed by atoms with Crippen molar-refractivity contribution < 1.29 is 14.3 Å². The Morgan fingerprint density at radius 2 is 1.92 bits per heavy atom. The average molecular weight is 362 g/mol. The minimum Gasteiger partial charge on any atom is -0.497 e. The van der Waals surface area contributed by atoms with Crippen LogP contribution in [0.3, 0.4) is 0 Å². The van der Waals surface area contributed by atoms with Crippen LogP contribution in [0.1, 0.15) is 25.3 Å². The molecule has 2 aromatic carbocycles. The molecular formula is C20H24ClNO3. The molecule has 0 heterocycles. The summed E-state index contributed by atoms with van der Waals surface area (Å²) in [4.78, 5) is 12.3. The molecule has 0 spiro atoms. The minimum atomic E-state index is -0.518. The van der Waals surface area contributed by atoms with Crippen LogP contribution >= 0.6 is 11.6 Å². The summed E-state index contributed by atoms with van der Waals surface area (Å²) in [5.41, 5.74) is 1.19. The molecule has 1 N–H and O–H groups in total. The van der Waals surface area contributed by atoms with E-state index in [4.69, 9.17) is 21.1 Å². The van der Waals surface area contributed by atoms with Crippen molar-refractivity contribution in [1.82, 2.24) is 5.32 Å². The molecule has 0 bridgehead atoms. The number of hydrogen-bond donors (Lipinski definition) is 1. The summed E-state index contributed by atoms with van der Waals surface area (Å²) in [5, 5.41) is 3.53. The van der Waals surface area contributed by atoms with Gasteiger partial charge in [0.1, 0.15) is 11.5 Å². The average Bonchev–Trinajstić information content (AvgIpc) is 2.63. The Kier molecular flexibility index (Phi) is 7.61. The Hall–Kier alpha value is -2.20. The van der Waals surface area contributed by atoms with Crippen LogP contribution in [0.5, 0.6) is 11.5 Å². The number of methoxy groups -OCH3 is 1. The Balaban J connectivity index is 1.77. The van der Waals surface area contributed by atoms with Crippen molar-refractivity contribution in [3.63, 3.8) is 0 Å². The normalized spacial score (nSPS) is 11.6. The van der Waals surface area contributed by atoms with Crippen molar-refractivity contribution >= 4 is 17.5 Å². The maximum atomic E-state index is 12.3. The fraction of sp³-hybridized carbons (Fsp3) is 0.350. The van der Waals surface area contributed by atoms with Crippen molar-refractivity contribution in [1.29, 1.82) is 0 Å². The molecule has 0 aliphatic heterocycles. The number of rotatable bonds is 9. The molecule has 2 aromatic rings. The van der Waals surface area contributed by atoms with Gasteiger partial charge in [-0.15, -0.1) is 0 Å². The molecule has 25 heavy (non-hydrogen) atoms. The van der Waals surface area contributed by atoms with Crippen LogP contribution < -0.4 is 14.8 Å². The second kappa shape index (κ2) is 9.94. The Morgan fingerprint density at radius 1 is 1.16 bits per heavy atom. The molecule has 0 saturated heterocycles. The van der Waals surface area contributed by atoms with Gasteiger partial charge in [-0.2, -0.15) is 0 Å². The first kappa shape index (κ1) is 19.1. The van der Waals surface area contributed by atoms with E-state index in [9.17, 15) is 4.79 Å². The summed E-state index contributed by atoms with van der Waals surface area (Å²) in [6.45, 7) is 2.52. The molecule has 1 amide bonds. The molecule has 1 atom stereocenters. The van der Waals surface area contributed by atoms with Gasteiger partial charge in [-0.05, 0) is 55.2 Å². The maximum absolute atomic E-state index is 12.3. The van der Waals surface area contributed by atoms with Gasteiger partial charge in [0.15, 0.2) is 6.10 Å². The molecular weight excluding hydrogens is 338 g/mol. The molecule has 0 radical (unpaired) electrons. The topological polar surface area (TPSA) is 47.6 Å². The molecule has 0 fully saturated rings. The van der Waals surface area contributed by atoms with Crippen LogP contribution in [-0.4, -0.2) is 25.7 Å². The molecule has 2 rings (SSSR count). The Morgan fingerprint density at radius 3 is 2.64 bits per heavy atom. The van der Waals surface area contributed by atoms with Crippen LogP contribution in [0.2, 0.25) is 5.02 Å². The highest BCUT2D eigenvalue weighted by atomic mass is 35.5. The molecule has 4 nitrogen and oxygen atoms in total. The highest BCUT2D eigenvalue weighted by molar-refractivity contribution is 6.30. The summed E-state index contributed by atoms with van der Waals surface area (Å²) >= 11 is 5.94. The summed E-state index contributed by atoms with van der Waals surface area (Å²) in [6, 6.07) is 15.0. The molecule has 0 saturated carbocycles. The summed E-state index contributed by atoms with van der Waals surface area (Å²) in [5.74, 6) is 1.35. The first-order valence-corrected chi connectivity index (χ1v) is 8.83. The fourth-order valence-corrected chi connectivity index (χ4v) is 2.65. The monoisotopic (exact) mass is 361 g/mol. The van der Waals surface area contributed by atoms with E-state index in [1.165, 1.54) is 5.56 Å². The third-order valence-electron chi connectivity index (χ3n) is 3.81. The van der Waals surface area contributed by atoms with Gasteiger partial charge in [0.25, 0.3) is 5.91 Å². The molecule has 0 aliphatic rings. The lowest BCUT2D eigenvalue weighted by molar-refractivity contribution is -0.128. The summed E-state index contributed by atoms with van der Waals surface area (Å²) < 4.78 is 11.0. The van der Waals surface area contributed by atoms with Gasteiger partial charge in [-0.25, -0.2) is 0 Å². The van der Waals surface area contributed by atoms with Crippen LogP contribution in [0, 0.1) is 0 Å². The van der Waals surface area contributed by atoms with Crippen molar-refractivity contribution in [2.24, 2.45) is 0 Å². The smallest absolute Gasteiger partial charge is 0.261 e.